The van der Waals surface area contributed by atoms with Crippen molar-refractivity contribution in [1.29, 1.82) is 0 Å². The van der Waals surface area contributed by atoms with Crippen LogP contribution in [-0.4, -0.2) is 18.5 Å². The van der Waals surface area contributed by atoms with E-state index in [1.165, 1.54) is 24.2 Å². The number of hydrogen-bond donors (Lipinski definition) is 0. The van der Waals surface area contributed by atoms with Crippen LogP contribution in [0, 0.1) is 16.2 Å². The molecule has 1 rings (SSSR count). The van der Waals surface area contributed by atoms with Gasteiger partial charge in [-0.3, -0.25) is 4.74 Å². The predicted molar refractivity (Wildman–Crippen MR) is 143 cm³/mol. The maximum absolute atomic E-state index is 5.47. The molecule has 0 bridgehead atoms. The van der Waals surface area contributed by atoms with E-state index in [9.17, 15) is 0 Å². The first-order valence-corrected chi connectivity index (χ1v) is 14.2. The van der Waals surface area contributed by atoms with E-state index < -0.39 is 7.05 Å². The van der Waals surface area contributed by atoms with Crippen LogP contribution in [0.4, 0.5) is 0 Å². The Balaban J connectivity index is 0. The van der Waals surface area contributed by atoms with E-state index in [4.69, 9.17) is 4.74 Å². The minimum atomic E-state index is -1.39. The third-order valence-electron chi connectivity index (χ3n) is 4.25. The van der Waals surface area contributed by atoms with Gasteiger partial charge in [-0.05, 0) is 60.7 Å². The average molecular weight is 482 g/mol. The van der Waals surface area contributed by atoms with Crippen LogP contribution in [0.5, 0.6) is 0 Å². The summed E-state index contributed by atoms with van der Waals surface area (Å²) in [7, 11) is -1.39. The van der Waals surface area contributed by atoms with Crippen LogP contribution in [0.1, 0.15) is 95.4 Å². The van der Waals surface area contributed by atoms with Gasteiger partial charge in [0.15, 0.2) is 0 Å². The average Bonchev–Trinajstić information content (AvgIpc) is 2.99. The molecule has 3 heteroatoms. The zero-order chi connectivity index (χ0) is 23.5. The number of rotatable bonds is 7. The monoisotopic (exact) mass is 481 g/mol. The standard InChI is InChI=1S/C20H38NP.C8H14.Ti/c1-18(2,3)14-22(15-19(4,5)6,16-20(7,8)9)21-17-12-10-11-13-17;1-3-5-7-8-6-4-2;/h10-12H,13-16H2,1-9H3;5-8H,3-4H2,1-2H3;. The van der Waals surface area contributed by atoms with E-state index >= 15 is 0 Å². The molecule has 0 saturated heterocycles. The van der Waals surface area contributed by atoms with Gasteiger partial charge in [-0.2, -0.15) is 0 Å². The number of allylic oxidation sites excluding steroid dienone is 7. The molecule has 0 aromatic rings. The molecule has 0 aromatic carbocycles. The van der Waals surface area contributed by atoms with Gasteiger partial charge in [-0.1, -0.05) is 113 Å². The zero-order valence-electron chi connectivity index (χ0n) is 22.7. The van der Waals surface area contributed by atoms with Crippen molar-refractivity contribution in [2.75, 3.05) is 18.5 Å². The Morgan fingerprint density at radius 2 is 1.16 bits per heavy atom. The predicted octanol–water partition coefficient (Wildman–Crippen LogP) is 10.1. The molecule has 0 spiro atoms. The van der Waals surface area contributed by atoms with Crippen LogP contribution in [0.25, 0.3) is 0 Å². The quantitative estimate of drug-likeness (QED) is 0.195. The van der Waals surface area contributed by atoms with Crippen LogP contribution in [0.15, 0.2) is 53.0 Å². The molecule has 0 atom stereocenters. The fourth-order valence-electron chi connectivity index (χ4n) is 4.13. The molecule has 31 heavy (non-hydrogen) atoms. The van der Waals surface area contributed by atoms with Gasteiger partial charge in [0, 0.05) is 33.8 Å². The maximum Gasteiger partial charge on any atom is 0.0425 e. The molecule has 0 N–H and O–H groups in total. The first-order valence-electron chi connectivity index (χ1n) is 11.9. The summed E-state index contributed by atoms with van der Waals surface area (Å²) < 4.78 is 5.47. The van der Waals surface area contributed by atoms with Crippen molar-refractivity contribution < 1.29 is 21.7 Å². The van der Waals surface area contributed by atoms with Crippen molar-refractivity contribution in [3.8, 4) is 0 Å². The second-order valence-corrected chi connectivity index (χ2v) is 15.7. The summed E-state index contributed by atoms with van der Waals surface area (Å²) >= 11 is 0. The van der Waals surface area contributed by atoms with Crippen molar-refractivity contribution in [2.45, 2.75) is 95.4 Å². The fourth-order valence-corrected chi connectivity index (χ4v) is 10.7. The summed E-state index contributed by atoms with van der Waals surface area (Å²) in [6.07, 6.45) is 22.2. The van der Waals surface area contributed by atoms with Crippen LogP contribution in [0.2, 0.25) is 0 Å². The van der Waals surface area contributed by atoms with Crippen molar-refractivity contribution in [3.63, 3.8) is 0 Å². The topological polar surface area (TPSA) is 12.4 Å². The molecular formula is C28H52NPTi. The van der Waals surface area contributed by atoms with Gasteiger partial charge in [0.2, 0.25) is 0 Å². The van der Waals surface area contributed by atoms with Crippen molar-refractivity contribution in [3.05, 3.63) is 48.2 Å². The second-order valence-electron chi connectivity index (χ2n) is 12.3. The zero-order valence-corrected chi connectivity index (χ0v) is 25.1. The van der Waals surface area contributed by atoms with Crippen LogP contribution in [0.3, 0.4) is 0 Å². The minimum Gasteiger partial charge on any atom is -0.272 e. The SMILES string of the molecule is CC(C)(C)CP(CC(C)(C)C)(CC(C)(C)C)=NC1=CC=CC1.CCC=CC=CCC.[Ti]. The third kappa shape index (κ3) is 19.1. The molecule has 0 radical (unpaired) electrons. The molecule has 0 saturated carbocycles. The number of hydrogen-bond acceptors (Lipinski definition) is 1. The smallest absolute Gasteiger partial charge is 0.0425 e. The van der Waals surface area contributed by atoms with Crippen LogP contribution in [-0.2, 0) is 21.7 Å². The summed E-state index contributed by atoms with van der Waals surface area (Å²) in [5.74, 6) is 0. The molecule has 0 aromatic heterocycles. The normalized spacial score (nSPS) is 15.0. The summed E-state index contributed by atoms with van der Waals surface area (Å²) in [5, 5.41) is 0. The molecular weight excluding hydrogens is 429 g/mol. The fraction of sp³-hybridized carbons (Fsp3) is 0.714. The molecule has 0 heterocycles. The molecule has 0 unspecified atom stereocenters. The molecule has 178 valence electrons. The van der Waals surface area contributed by atoms with Crippen molar-refractivity contribution >= 4 is 7.05 Å². The second kappa shape index (κ2) is 14.9. The molecule has 0 aliphatic heterocycles. The Morgan fingerprint density at radius 1 is 0.774 bits per heavy atom. The Kier molecular flexibility index (Phi) is 15.9. The van der Waals surface area contributed by atoms with Gasteiger partial charge in [0.1, 0.15) is 0 Å². The molecule has 1 nitrogen and oxygen atoms in total. The Morgan fingerprint density at radius 3 is 1.42 bits per heavy atom. The van der Waals surface area contributed by atoms with Gasteiger partial charge in [-0.25, -0.2) is 0 Å². The molecule has 0 fully saturated rings. The van der Waals surface area contributed by atoms with Crippen molar-refractivity contribution in [1.82, 2.24) is 0 Å². The molecule has 1 aliphatic carbocycles. The van der Waals surface area contributed by atoms with Gasteiger partial charge in [0.25, 0.3) is 0 Å². The summed E-state index contributed by atoms with van der Waals surface area (Å²) in [5.41, 5.74) is 2.31. The summed E-state index contributed by atoms with van der Waals surface area (Å²) in [6.45, 7) is 25.7. The largest absolute Gasteiger partial charge is 0.272 e. The van der Waals surface area contributed by atoms with E-state index in [1.54, 1.807) is 0 Å². The van der Waals surface area contributed by atoms with E-state index in [0.29, 0.717) is 16.2 Å². The van der Waals surface area contributed by atoms with Gasteiger partial charge >= 0.3 is 0 Å². The van der Waals surface area contributed by atoms with Gasteiger partial charge in [0.05, 0.1) is 0 Å². The molecule has 0 amide bonds. The van der Waals surface area contributed by atoms with Crippen LogP contribution < -0.4 is 0 Å². The van der Waals surface area contributed by atoms with E-state index in [-0.39, 0.29) is 21.7 Å². The van der Waals surface area contributed by atoms with Crippen LogP contribution >= 0.6 is 7.05 Å². The van der Waals surface area contributed by atoms with E-state index in [1.807, 2.05) is 0 Å². The Hall–Kier alpha value is -0.0957. The summed E-state index contributed by atoms with van der Waals surface area (Å²) in [6, 6.07) is 0. The third-order valence-corrected chi connectivity index (χ3v) is 9.55. The minimum absolute atomic E-state index is 0. The first-order chi connectivity index (χ1) is 13.6. The Labute approximate surface area is 211 Å². The molecule has 1 aliphatic rings. The maximum atomic E-state index is 5.47. The Bertz CT molecular complexity index is 599. The summed E-state index contributed by atoms with van der Waals surface area (Å²) in [4.78, 5) is 0. The van der Waals surface area contributed by atoms with E-state index in [0.717, 1.165) is 19.3 Å². The first kappa shape index (κ1) is 33.1. The van der Waals surface area contributed by atoms with Crippen molar-refractivity contribution in [2.24, 2.45) is 21.0 Å². The van der Waals surface area contributed by atoms with E-state index in [2.05, 4.69) is 119 Å². The van der Waals surface area contributed by atoms with Gasteiger partial charge in [-0.15, -0.1) is 0 Å². The van der Waals surface area contributed by atoms with Gasteiger partial charge < -0.3 is 0 Å². The number of nitrogens with zero attached hydrogens (tertiary/aromatic N) is 1.